The molecule has 0 radical (unpaired) electrons. The Bertz CT molecular complexity index is 790. The van der Waals surface area contributed by atoms with Crippen LogP contribution in [0.3, 0.4) is 0 Å². The number of hydrogen-bond acceptors (Lipinski definition) is 7. The minimum Gasteiger partial charge on any atom is -0.419 e. The van der Waals surface area contributed by atoms with Gasteiger partial charge in [0, 0.05) is 25.1 Å². The van der Waals surface area contributed by atoms with Crippen molar-refractivity contribution in [2.45, 2.75) is 19.6 Å². The van der Waals surface area contributed by atoms with Gasteiger partial charge in [0.2, 0.25) is 0 Å². The molecule has 0 aliphatic carbocycles. The number of anilines is 1. The number of esters is 2. The summed E-state index contributed by atoms with van der Waals surface area (Å²) in [4.78, 5) is 27.9. The summed E-state index contributed by atoms with van der Waals surface area (Å²) in [5.74, 6) is -2.73. The number of fused-ring (bicyclic) bond motifs is 1. The lowest BCUT2D eigenvalue weighted by atomic mass is 10.2. The molecule has 8 heteroatoms. The molecule has 2 heterocycles. The van der Waals surface area contributed by atoms with Crippen molar-refractivity contribution in [2.24, 2.45) is 0 Å². The number of ether oxygens (including phenoxy) is 2. The molecule has 114 valence electrons. The van der Waals surface area contributed by atoms with Gasteiger partial charge < -0.3 is 14.8 Å². The first-order chi connectivity index (χ1) is 10.3. The van der Waals surface area contributed by atoms with Crippen molar-refractivity contribution in [2.75, 3.05) is 5.32 Å². The molecule has 6 nitrogen and oxygen atoms in total. The summed E-state index contributed by atoms with van der Waals surface area (Å²) < 4.78 is 10.9. The van der Waals surface area contributed by atoms with Crippen LogP contribution >= 0.6 is 22.9 Å². The Labute approximate surface area is 134 Å². The third kappa shape index (κ3) is 2.90. The quantitative estimate of drug-likeness (QED) is 0.515. The van der Waals surface area contributed by atoms with Crippen molar-refractivity contribution in [1.29, 1.82) is 0 Å². The smallest absolute Gasteiger partial charge is 0.350 e. The molecule has 0 bridgehead atoms. The van der Waals surface area contributed by atoms with E-state index in [0.717, 1.165) is 10.2 Å². The van der Waals surface area contributed by atoms with E-state index in [4.69, 9.17) is 21.1 Å². The number of benzene rings is 1. The normalized spacial score (nSPS) is 17.1. The first kappa shape index (κ1) is 14.8. The van der Waals surface area contributed by atoms with Crippen LogP contribution in [0.1, 0.15) is 13.8 Å². The molecule has 0 atom stereocenters. The highest BCUT2D eigenvalue weighted by Gasteiger charge is 2.38. The SMILES string of the molecule is CC1(C)OC(=O)C(=CNc2nc3ccc(Cl)cc3s2)C(=O)O1. The Morgan fingerprint density at radius 3 is 2.64 bits per heavy atom. The maximum absolute atomic E-state index is 11.8. The summed E-state index contributed by atoms with van der Waals surface area (Å²) in [6.45, 7) is 2.98. The van der Waals surface area contributed by atoms with Crippen molar-refractivity contribution in [3.63, 3.8) is 0 Å². The Morgan fingerprint density at radius 2 is 1.95 bits per heavy atom. The van der Waals surface area contributed by atoms with Crippen LogP contribution in [0.4, 0.5) is 5.13 Å². The van der Waals surface area contributed by atoms with E-state index >= 15 is 0 Å². The Morgan fingerprint density at radius 1 is 1.27 bits per heavy atom. The van der Waals surface area contributed by atoms with Gasteiger partial charge in [0.15, 0.2) is 10.7 Å². The van der Waals surface area contributed by atoms with E-state index < -0.39 is 17.7 Å². The monoisotopic (exact) mass is 338 g/mol. The van der Waals surface area contributed by atoms with Crippen LogP contribution in [0.25, 0.3) is 10.2 Å². The Hall–Kier alpha value is -2.12. The van der Waals surface area contributed by atoms with Gasteiger partial charge in [-0.05, 0) is 18.2 Å². The predicted octanol–water partition coefficient (Wildman–Crippen LogP) is 3.08. The lowest BCUT2D eigenvalue weighted by Crippen LogP contribution is -2.42. The summed E-state index contributed by atoms with van der Waals surface area (Å²) in [6.07, 6.45) is 1.24. The number of carbonyl (C=O) groups is 2. The second-order valence-corrected chi connectivity index (χ2v) is 6.48. The number of nitrogens with zero attached hydrogens (tertiary/aromatic N) is 1. The van der Waals surface area contributed by atoms with Crippen molar-refractivity contribution in [3.05, 3.63) is 35.0 Å². The standard InChI is InChI=1S/C14H11ClN2O4S/c1-14(2)20-11(18)8(12(19)21-14)6-16-13-17-9-4-3-7(15)5-10(9)22-13/h3-6H,1-2H3,(H,16,17). The van der Waals surface area contributed by atoms with Gasteiger partial charge >= 0.3 is 11.9 Å². The number of thiazole rings is 1. The Kier molecular flexibility index (Phi) is 3.54. The molecule has 0 saturated carbocycles. The number of cyclic esters (lactones) is 2. The van der Waals surface area contributed by atoms with Crippen molar-refractivity contribution in [3.8, 4) is 0 Å². The van der Waals surface area contributed by atoms with E-state index in [2.05, 4.69) is 10.3 Å². The van der Waals surface area contributed by atoms with Gasteiger partial charge in [0.05, 0.1) is 10.2 Å². The first-order valence-electron chi connectivity index (χ1n) is 6.33. The molecule has 1 saturated heterocycles. The zero-order chi connectivity index (χ0) is 15.9. The van der Waals surface area contributed by atoms with E-state index in [9.17, 15) is 9.59 Å². The molecule has 1 aliphatic heterocycles. The molecule has 0 unspecified atom stereocenters. The molecule has 0 amide bonds. The second kappa shape index (κ2) is 5.26. The summed E-state index contributed by atoms with van der Waals surface area (Å²) in [6, 6.07) is 5.32. The topological polar surface area (TPSA) is 77.5 Å². The van der Waals surface area contributed by atoms with Crippen LogP contribution in [0, 0.1) is 0 Å². The zero-order valence-electron chi connectivity index (χ0n) is 11.7. The maximum Gasteiger partial charge on any atom is 0.350 e. The first-order valence-corrected chi connectivity index (χ1v) is 7.53. The van der Waals surface area contributed by atoms with E-state index in [-0.39, 0.29) is 5.57 Å². The van der Waals surface area contributed by atoms with Crippen molar-refractivity contribution < 1.29 is 19.1 Å². The van der Waals surface area contributed by atoms with Crippen molar-refractivity contribution >= 4 is 50.2 Å². The number of hydrogen-bond donors (Lipinski definition) is 1. The van der Waals surface area contributed by atoms with Crippen LogP contribution in [0.15, 0.2) is 30.0 Å². The molecule has 22 heavy (non-hydrogen) atoms. The van der Waals surface area contributed by atoms with Crippen molar-refractivity contribution in [1.82, 2.24) is 4.98 Å². The maximum atomic E-state index is 11.8. The van der Waals surface area contributed by atoms with Crippen LogP contribution in [-0.4, -0.2) is 22.7 Å². The highest BCUT2D eigenvalue weighted by Crippen LogP contribution is 2.29. The van der Waals surface area contributed by atoms with Crippen LogP contribution in [0.2, 0.25) is 5.02 Å². The molecule has 1 N–H and O–H groups in total. The Balaban J connectivity index is 1.83. The fourth-order valence-corrected chi connectivity index (χ4v) is 2.98. The molecule has 1 aromatic heterocycles. The molecular weight excluding hydrogens is 328 g/mol. The van der Waals surface area contributed by atoms with E-state index in [1.807, 2.05) is 0 Å². The molecule has 3 rings (SSSR count). The number of nitrogens with one attached hydrogen (secondary N) is 1. The number of aromatic nitrogens is 1. The predicted molar refractivity (Wildman–Crippen MR) is 82.6 cm³/mol. The fourth-order valence-electron chi connectivity index (χ4n) is 1.87. The van der Waals surface area contributed by atoms with Crippen LogP contribution < -0.4 is 5.32 Å². The van der Waals surface area contributed by atoms with Gasteiger partial charge in [-0.2, -0.15) is 0 Å². The van der Waals surface area contributed by atoms with Gasteiger partial charge in [-0.25, -0.2) is 14.6 Å². The highest BCUT2D eigenvalue weighted by molar-refractivity contribution is 7.22. The van der Waals surface area contributed by atoms with E-state index in [0.29, 0.717) is 10.2 Å². The fraction of sp³-hybridized carbons (Fsp3) is 0.214. The average molecular weight is 339 g/mol. The number of carbonyl (C=O) groups excluding carboxylic acids is 2. The average Bonchev–Trinajstić information content (AvgIpc) is 2.78. The largest absolute Gasteiger partial charge is 0.419 e. The molecule has 1 aromatic carbocycles. The second-order valence-electron chi connectivity index (χ2n) is 5.01. The third-order valence-corrected chi connectivity index (χ3v) is 3.99. The van der Waals surface area contributed by atoms with Gasteiger partial charge in [0.25, 0.3) is 5.79 Å². The molecule has 0 spiro atoms. The third-order valence-electron chi connectivity index (χ3n) is 2.81. The van der Waals surface area contributed by atoms with Gasteiger partial charge in [-0.3, -0.25) is 0 Å². The number of halogens is 1. The van der Waals surface area contributed by atoms with Gasteiger partial charge in [0.1, 0.15) is 0 Å². The summed E-state index contributed by atoms with van der Waals surface area (Å²) in [5, 5.41) is 3.95. The van der Waals surface area contributed by atoms with Gasteiger partial charge in [-0.15, -0.1) is 0 Å². The molecule has 1 fully saturated rings. The zero-order valence-corrected chi connectivity index (χ0v) is 13.2. The van der Waals surface area contributed by atoms with E-state index in [1.165, 1.54) is 31.4 Å². The minimum absolute atomic E-state index is 0.211. The summed E-state index contributed by atoms with van der Waals surface area (Å²) >= 11 is 7.26. The van der Waals surface area contributed by atoms with E-state index in [1.54, 1.807) is 18.2 Å². The van der Waals surface area contributed by atoms with Crippen LogP contribution in [0.5, 0.6) is 0 Å². The number of rotatable bonds is 2. The lowest BCUT2D eigenvalue weighted by Gasteiger charge is -2.29. The summed E-state index contributed by atoms with van der Waals surface area (Å²) in [5.41, 5.74) is 0.557. The highest BCUT2D eigenvalue weighted by atomic mass is 35.5. The lowest BCUT2D eigenvalue weighted by molar-refractivity contribution is -0.222. The molecule has 1 aliphatic rings. The minimum atomic E-state index is -1.25. The van der Waals surface area contributed by atoms with Gasteiger partial charge in [-0.1, -0.05) is 22.9 Å². The summed E-state index contributed by atoms with van der Waals surface area (Å²) in [7, 11) is 0. The molecular formula is C14H11ClN2O4S. The molecule has 2 aromatic rings. The van der Waals surface area contributed by atoms with Crippen LogP contribution in [-0.2, 0) is 19.1 Å².